The molecule has 0 radical (unpaired) electrons. The Kier molecular flexibility index (Phi) is 5.86. The van der Waals surface area contributed by atoms with Gasteiger partial charge in [0, 0.05) is 12.6 Å². The molecular weight excluding hydrogens is 226 g/mol. The van der Waals surface area contributed by atoms with E-state index in [2.05, 4.69) is 26.1 Å². The van der Waals surface area contributed by atoms with Crippen molar-refractivity contribution in [2.75, 3.05) is 0 Å². The lowest BCUT2D eigenvalue weighted by Gasteiger charge is -2.20. The van der Waals surface area contributed by atoms with Crippen molar-refractivity contribution in [3.8, 4) is 0 Å². The van der Waals surface area contributed by atoms with Gasteiger partial charge in [0.1, 0.15) is 0 Å². The van der Waals surface area contributed by atoms with Crippen LogP contribution in [0.5, 0.6) is 0 Å². The summed E-state index contributed by atoms with van der Waals surface area (Å²) in [6.07, 6.45) is 1.24. The van der Waals surface area contributed by atoms with Crippen molar-refractivity contribution in [3.05, 3.63) is 35.4 Å². The van der Waals surface area contributed by atoms with Gasteiger partial charge >= 0.3 is 5.97 Å². The summed E-state index contributed by atoms with van der Waals surface area (Å²) in [5.74, 6) is -0.158. The second-order valence-corrected chi connectivity index (χ2v) is 4.89. The fourth-order valence-corrected chi connectivity index (χ4v) is 1.89. The molecule has 0 spiro atoms. The van der Waals surface area contributed by atoms with E-state index in [1.54, 1.807) is 0 Å². The van der Waals surface area contributed by atoms with E-state index in [1.165, 1.54) is 0 Å². The van der Waals surface area contributed by atoms with Crippen LogP contribution >= 0.6 is 0 Å². The Bertz CT molecular complexity index is 390. The predicted molar refractivity (Wildman–Crippen MR) is 73.5 cm³/mol. The van der Waals surface area contributed by atoms with E-state index >= 15 is 0 Å². The summed E-state index contributed by atoms with van der Waals surface area (Å²) in [6.45, 7) is 7.31. The van der Waals surface area contributed by atoms with Crippen LogP contribution in [0.3, 0.4) is 0 Å². The number of carboxylic acid groups (broad SMARTS) is 1. The molecule has 0 saturated carbocycles. The van der Waals surface area contributed by atoms with E-state index in [0.29, 0.717) is 12.0 Å². The summed E-state index contributed by atoms with van der Waals surface area (Å²) >= 11 is 0. The fraction of sp³-hybridized carbons (Fsp3) is 0.533. The summed E-state index contributed by atoms with van der Waals surface area (Å²) in [7, 11) is 0. The molecule has 0 amide bonds. The fourth-order valence-electron chi connectivity index (χ4n) is 1.89. The van der Waals surface area contributed by atoms with E-state index in [1.807, 2.05) is 24.3 Å². The molecule has 2 N–H and O–H groups in total. The van der Waals surface area contributed by atoms with Crippen molar-refractivity contribution < 1.29 is 9.90 Å². The van der Waals surface area contributed by atoms with Gasteiger partial charge in [-0.05, 0) is 24.0 Å². The molecule has 100 valence electrons. The molecule has 2 atom stereocenters. The Hall–Kier alpha value is -1.35. The van der Waals surface area contributed by atoms with Gasteiger partial charge in [-0.2, -0.15) is 0 Å². The summed E-state index contributed by atoms with van der Waals surface area (Å²) in [6, 6.07) is 8.16. The second kappa shape index (κ2) is 7.17. The summed E-state index contributed by atoms with van der Waals surface area (Å²) in [4.78, 5) is 10.8. The normalized spacial score (nSPS) is 14.2. The molecule has 0 aliphatic carbocycles. The van der Waals surface area contributed by atoms with E-state index in [9.17, 15) is 4.79 Å². The van der Waals surface area contributed by atoms with Gasteiger partial charge in [0.2, 0.25) is 0 Å². The molecule has 1 aromatic rings. The first-order chi connectivity index (χ1) is 8.54. The molecule has 3 nitrogen and oxygen atoms in total. The van der Waals surface area contributed by atoms with Gasteiger partial charge in [0.15, 0.2) is 0 Å². The summed E-state index contributed by atoms with van der Waals surface area (Å²) < 4.78 is 0. The van der Waals surface area contributed by atoms with Gasteiger partial charge in [-0.1, -0.05) is 44.5 Å². The maximum absolute atomic E-state index is 10.8. The second-order valence-electron chi connectivity index (χ2n) is 4.89. The minimum Gasteiger partial charge on any atom is -0.481 e. The van der Waals surface area contributed by atoms with Crippen LogP contribution in [0.4, 0.5) is 0 Å². The zero-order valence-electron chi connectivity index (χ0n) is 11.4. The molecule has 3 heteroatoms. The molecule has 2 unspecified atom stereocenters. The number of rotatable bonds is 7. The molecule has 1 rings (SSSR count). The van der Waals surface area contributed by atoms with Crippen LogP contribution in [0.25, 0.3) is 0 Å². The van der Waals surface area contributed by atoms with Crippen LogP contribution in [0.1, 0.15) is 38.3 Å². The van der Waals surface area contributed by atoms with E-state index in [4.69, 9.17) is 5.11 Å². The van der Waals surface area contributed by atoms with E-state index < -0.39 is 5.97 Å². The predicted octanol–water partition coefficient (Wildman–Crippen LogP) is 2.84. The Balaban J connectivity index is 2.64. The van der Waals surface area contributed by atoms with Gasteiger partial charge in [-0.3, -0.25) is 4.79 Å². The third-order valence-electron chi connectivity index (χ3n) is 3.57. The molecule has 0 saturated heterocycles. The SMILES string of the molecule is CCC(C)C(C)NCc1ccccc1CC(=O)O. The first-order valence-corrected chi connectivity index (χ1v) is 6.56. The standard InChI is InChI=1S/C15H23NO2/c1-4-11(2)12(3)16-10-14-8-6-5-7-13(14)9-15(17)18/h5-8,11-12,16H,4,9-10H2,1-3H3,(H,17,18). The molecule has 0 fully saturated rings. The number of aliphatic carboxylic acids is 1. The number of carbonyl (C=O) groups is 1. The number of carboxylic acids is 1. The molecule has 0 aliphatic heterocycles. The van der Waals surface area contributed by atoms with Crippen LogP contribution in [0, 0.1) is 5.92 Å². The lowest BCUT2D eigenvalue weighted by atomic mass is 9.99. The average molecular weight is 249 g/mol. The van der Waals surface area contributed by atoms with Gasteiger partial charge in [0.05, 0.1) is 6.42 Å². The maximum atomic E-state index is 10.8. The molecule has 0 heterocycles. The van der Waals surface area contributed by atoms with Crippen LogP contribution in [-0.2, 0) is 17.8 Å². The van der Waals surface area contributed by atoms with Crippen LogP contribution in [-0.4, -0.2) is 17.1 Å². The number of nitrogens with one attached hydrogen (secondary N) is 1. The zero-order chi connectivity index (χ0) is 13.5. The summed E-state index contributed by atoms with van der Waals surface area (Å²) in [5, 5.41) is 12.3. The third-order valence-corrected chi connectivity index (χ3v) is 3.57. The highest BCUT2D eigenvalue weighted by Gasteiger charge is 2.11. The Morgan fingerprint density at radius 3 is 2.44 bits per heavy atom. The first-order valence-electron chi connectivity index (χ1n) is 6.56. The quantitative estimate of drug-likeness (QED) is 0.781. The van der Waals surface area contributed by atoms with Gasteiger partial charge in [-0.25, -0.2) is 0 Å². The lowest BCUT2D eigenvalue weighted by Crippen LogP contribution is -2.31. The zero-order valence-corrected chi connectivity index (χ0v) is 11.4. The minimum atomic E-state index is -0.780. The monoisotopic (exact) mass is 249 g/mol. The van der Waals surface area contributed by atoms with Crippen molar-refractivity contribution >= 4 is 5.97 Å². The van der Waals surface area contributed by atoms with Crippen LogP contribution in [0.15, 0.2) is 24.3 Å². The smallest absolute Gasteiger partial charge is 0.307 e. The first kappa shape index (κ1) is 14.7. The number of benzene rings is 1. The lowest BCUT2D eigenvalue weighted by molar-refractivity contribution is -0.136. The highest BCUT2D eigenvalue weighted by atomic mass is 16.4. The number of hydrogen-bond acceptors (Lipinski definition) is 2. The van der Waals surface area contributed by atoms with Gasteiger partial charge in [-0.15, -0.1) is 0 Å². The highest BCUT2D eigenvalue weighted by molar-refractivity contribution is 5.70. The number of hydrogen-bond donors (Lipinski definition) is 2. The molecule has 0 bridgehead atoms. The third kappa shape index (κ3) is 4.49. The minimum absolute atomic E-state index is 0.0928. The van der Waals surface area contributed by atoms with E-state index in [0.717, 1.165) is 24.1 Å². The van der Waals surface area contributed by atoms with Crippen molar-refractivity contribution in [2.24, 2.45) is 5.92 Å². The average Bonchev–Trinajstić information content (AvgIpc) is 2.35. The van der Waals surface area contributed by atoms with Crippen molar-refractivity contribution in [1.82, 2.24) is 5.32 Å². The maximum Gasteiger partial charge on any atom is 0.307 e. The summed E-state index contributed by atoms with van der Waals surface area (Å²) in [5.41, 5.74) is 1.98. The van der Waals surface area contributed by atoms with Gasteiger partial charge in [0.25, 0.3) is 0 Å². The van der Waals surface area contributed by atoms with Crippen molar-refractivity contribution in [1.29, 1.82) is 0 Å². The highest BCUT2D eigenvalue weighted by Crippen LogP contribution is 2.12. The Morgan fingerprint density at radius 2 is 1.89 bits per heavy atom. The molecule has 18 heavy (non-hydrogen) atoms. The Labute approximate surface area is 109 Å². The van der Waals surface area contributed by atoms with Crippen LogP contribution in [0.2, 0.25) is 0 Å². The van der Waals surface area contributed by atoms with Crippen molar-refractivity contribution in [3.63, 3.8) is 0 Å². The molecule has 1 aromatic carbocycles. The van der Waals surface area contributed by atoms with Gasteiger partial charge < -0.3 is 10.4 Å². The van der Waals surface area contributed by atoms with Crippen molar-refractivity contribution in [2.45, 2.75) is 46.2 Å². The Morgan fingerprint density at radius 1 is 1.28 bits per heavy atom. The van der Waals surface area contributed by atoms with E-state index in [-0.39, 0.29) is 6.42 Å². The van der Waals surface area contributed by atoms with Crippen LogP contribution < -0.4 is 5.32 Å². The molecule has 0 aromatic heterocycles. The molecular formula is C15H23NO2. The topological polar surface area (TPSA) is 49.3 Å². The largest absolute Gasteiger partial charge is 0.481 e. The molecule has 0 aliphatic rings.